The largest absolute Gasteiger partial charge is 0.492 e. The van der Waals surface area contributed by atoms with E-state index < -0.39 is 66.2 Å². The molecule has 4 rings (SSSR count). The van der Waals surface area contributed by atoms with Crippen molar-refractivity contribution in [3.05, 3.63) is 58.6 Å². The van der Waals surface area contributed by atoms with Gasteiger partial charge >= 0.3 is 29.2 Å². The van der Waals surface area contributed by atoms with Crippen LogP contribution in [-0.2, 0) is 35.9 Å². The van der Waals surface area contributed by atoms with Gasteiger partial charge in [0.2, 0.25) is 0 Å². The second-order valence-electron chi connectivity index (χ2n) is 7.29. The molecule has 0 spiro atoms. The normalized spacial score (nSPS) is 36.4. The maximum absolute atomic E-state index is 12.5. The van der Waals surface area contributed by atoms with E-state index in [1.165, 1.54) is 6.07 Å². The number of amides is 1. The molecule has 1 amide bonds. The Hall–Kier alpha value is -2.10. The monoisotopic (exact) mass is 569 g/mol. The summed E-state index contributed by atoms with van der Waals surface area (Å²) in [6, 6.07) is 9.33. The number of anilines is 1. The standard InChI is InChI=1S/C16H18N3O14P3/c20-12-10(8-29-36(28)32-34(24,25)31-35(26,27)33-36)30-15(13(12)21)19-7-6-11(18-16(19)23)17-14(22)9-4-2-1-3-5-9/h1-7,10,12-13,15,20-21H,8H2,(H,24,25)(H,26,27)(H,17,18,22,23)/t10-,12?,13+,15-/m1/s1. The molecule has 2 aromatic rings. The topological polar surface area (TPSA) is 242 Å². The van der Waals surface area contributed by atoms with Crippen LogP contribution in [0.5, 0.6) is 0 Å². The van der Waals surface area contributed by atoms with Crippen molar-refractivity contribution >= 4 is 35.2 Å². The number of aromatic nitrogens is 2. The Morgan fingerprint density at radius 3 is 2.28 bits per heavy atom. The molecule has 1 aromatic heterocycles. The van der Waals surface area contributed by atoms with Gasteiger partial charge in [-0.25, -0.2) is 18.5 Å². The Morgan fingerprint density at radius 1 is 1.03 bits per heavy atom. The lowest BCUT2D eigenvalue weighted by Crippen LogP contribution is -2.36. The first kappa shape index (κ1) is 26.9. The van der Waals surface area contributed by atoms with E-state index in [2.05, 4.69) is 27.8 Å². The van der Waals surface area contributed by atoms with Gasteiger partial charge < -0.3 is 30.1 Å². The molecule has 1 aromatic carbocycles. The first-order valence-electron chi connectivity index (χ1n) is 9.79. The third-order valence-electron chi connectivity index (χ3n) is 4.73. The van der Waals surface area contributed by atoms with Crippen molar-refractivity contribution < 1.29 is 60.7 Å². The highest BCUT2D eigenvalue weighted by molar-refractivity contribution is 7.74. The van der Waals surface area contributed by atoms with Gasteiger partial charge in [-0.1, -0.05) is 18.2 Å². The molecule has 2 saturated heterocycles. The predicted molar refractivity (Wildman–Crippen MR) is 115 cm³/mol. The first-order chi connectivity index (χ1) is 16.8. The summed E-state index contributed by atoms with van der Waals surface area (Å²) in [5, 5.41) is 23.0. The zero-order valence-electron chi connectivity index (χ0n) is 17.7. The summed E-state index contributed by atoms with van der Waals surface area (Å²) in [4.78, 5) is 46.9. The number of hydrogen-bond donors (Lipinski definition) is 5. The van der Waals surface area contributed by atoms with Crippen molar-refractivity contribution in [1.29, 1.82) is 0 Å². The molecule has 0 saturated carbocycles. The van der Waals surface area contributed by atoms with E-state index in [9.17, 15) is 43.3 Å². The molecule has 0 aliphatic carbocycles. The van der Waals surface area contributed by atoms with Crippen LogP contribution in [0.3, 0.4) is 0 Å². The van der Waals surface area contributed by atoms with Crippen molar-refractivity contribution in [3.8, 4) is 0 Å². The Kier molecular flexibility index (Phi) is 7.48. The number of aliphatic hydroxyl groups is 2. The highest BCUT2D eigenvalue weighted by Crippen LogP contribution is 2.80. The Balaban J connectivity index is 1.44. The first-order valence-corrected chi connectivity index (χ1v) is 14.2. The van der Waals surface area contributed by atoms with Crippen LogP contribution in [-0.4, -0.2) is 60.4 Å². The fraction of sp³-hybridized carbons (Fsp3) is 0.312. The number of nitrogens with one attached hydrogen (secondary N) is 1. The van der Waals surface area contributed by atoms with Crippen molar-refractivity contribution in [1.82, 2.24) is 9.55 Å². The lowest BCUT2D eigenvalue weighted by atomic mass is 10.1. The molecule has 0 radical (unpaired) electrons. The molecule has 196 valence electrons. The van der Waals surface area contributed by atoms with E-state index >= 15 is 0 Å². The molecule has 0 bridgehead atoms. The summed E-state index contributed by atoms with van der Waals surface area (Å²) in [5.41, 5.74) is -0.666. The number of phosphoric acid groups is 3. The van der Waals surface area contributed by atoms with E-state index in [0.29, 0.717) is 5.56 Å². The Bertz CT molecular complexity index is 1320. The molecule has 20 heteroatoms. The van der Waals surface area contributed by atoms with Gasteiger partial charge in [0, 0.05) is 11.8 Å². The molecule has 3 heterocycles. The lowest BCUT2D eigenvalue weighted by Gasteiger charge is -2.27. The number of rotatable bonds is 6. The molecule has 2 aliphatic heterocycles. The number of aliphatic hydroxyl groups excluding tert-OH is 2. The molecule has 2 aliphatic rings. The summed E-state index contributed by atoms with van der Waals surface area (Å²) in [5.74, 6) is -0.635. The van der Waals surface area contributed by atoms with Gasteiger partial charge in [-0.15, -0.1) is 0 Å². The third-order valence-corrected chi connectivity index (χ3v) is 10.1. The quantitative estimate of drug-likeness (QED) is 0.298. The average molecular weight is 569 g/mol. The SMILES string of the molecule is O=C(Nc1ccn([C@@H]2O[C@H](COP3(=O)OP(=O)(O)OP(=O)(O)O3)C(O)[C@@H]2O)c(=O)n1)c1ccccc1. The summed E-state index contributed by atoms with van der Waals surface area (Å²) in [6.07, 6.45) is -5.43. The van der Waals surface area contributed by atoms with E-state index in [1.807, 2.05) is 0 Å². The molecule has 5 N–H and O–H groups in total. The molecule has 6 atom stereocenters. The zero-order valence-corrected chi connectivity index (χ0v) is 20.3. The van der Waals surface area contributed by atoms with E-state index in [0.717, 1.165) is 10.8 Å². The van der Waals surface area contributed by atoms with Gasteiger partial charge in [-0.2, -0.15) is 17.9 Å². The summed E-state index contributed by atoms with van der Waals surface area (Å²) in [6.45, 7) is -0.945. The minimum absolute atomic E-state index is 0.105. The van der Waals surface area contributed by atoms with Crippen LogP contribution in [0, 0.1) is 0 Å². The highest BCUT2D eigenvalue weighted by atomic mass is 31.3. The number of carbonyl (C=O) groups is 1. The van der Waals surface area contributed by atoms with Gasteiger partial charge in [0.25, 0.3) is 5.91 Å². The van der Waals surface area contributed by atoms with Crippen molar-refractivity contribution in [2.24, 2.45) is 0 Å². The molecule has 36 heavy (non-hydrogen) atoms. The highest BCUT2D eigenvalue weighted by Gasteiger charge is 2.55. The zero-order chi connectivity index (χ0) is 26.3. The van der Waals surface area contributed by atoms with Crippen LogP contribution < -0.4 is 11.0 Å². The fourth-order valence-electron chi connectivity index (χ4n) is 3.19. The summed E-state index contributed by atoms with van der Waals surface area (Å²) in [7, 11) is -15.7. The molecule has 3 unspecified atom stereocenters. The fourth-order valence-corrected chi connectivity index (χ4v) is 8.12. The third kappa shape index (κ3) is 6.06. The molecular weight excluding hydrogens is 551 g/mol. The maximum Gasteiger partial charge on any atom is 0.492 e. The van der Waals surface area contributed by atoms with Gasteiger partial charge in [-0.3, -0.25) is 13.9 Å². The summed E-state index contributed by atoms with van der Waals surface area (Å²) < 4.78 is 58.1. The van der Waals surface area contributed by atoms with Crippen molar-refractivity contribution in [2.75, 3.05) is 11.9 Å². The van der Waals surface area contributed by atoms with Crippen LogP contribution in [0.25, 0.3) is 0 Å². The lowest BCUT2D eigenvalue weighted by molar-refractivity contribution is -0.0544. The second kappa shape index (κ2) is 9.99. The van der Waals surface area contributed by atoms with E-state index in [1.54, 1.807) is 30.3 Å². The maximum atomic E-state index is 12.5. The smallest absolute Gasteiger partial charge is 0.387 e. The van der Waals surface area contributed by atoms with E-state index in [4.69, 9.17) is 4.74 Å². The summed E-state index contributed by atoms with van der Waals surface area (Å²) >= 11 is 0. The van der Waals surface area contributed by atoms with Gasteiger partial charge in [0.1, 0.15) is 24.1 Å². The van der Waals surface area contributed by atoms with Crippen molar-refractivity contribution in [2.45, 2.75) is 24.5 Å². The number of ether oxygens (including phenoxy) is 1. The van der Waals surface area contributed by atoms with Crippen LogP contribution >= 0.6 is 23.5 Å². The van der Waals surface area contributed by atoms with Crippen LogP contribution in [0.2, 0.25) is 0 Å². The number of nitrogens with zero attached hydrogens (tertiary/aromatic N) is 2. The Morgan fingerprint density at radius 2 is 1.67 bits per heavy atom. The van der Waals surface area contributed by atoms with Gasteiger partial charge in [0.15, 0.2) is 6.23 Å². The van der Waals surface area contributed by atoms with E-state index in [-0.39, 0.29) is 5.82 Å². The number of carbonyl (C=O) groups excluding carboxylic acids is 1. The molecule has 2 fully saturated rings. The van der Waals surface area contributed by atoms with Crippen LogP contribution in [0.1, 0.15) is 16.6 Å². The van der Waals surface area contributed by atoms with Gasteiger partial charge in [-0.05, 0) is 18.2 Å². The van der Waals surface area contributed by atoms with Crippen LogP contribution in [0.15, 0.2) is 47.4 Å². The average Bonchev–Trinajstić information content (AvgIpc) is 3.04. The minimum Gasteiger partial charge on any atom is -0.387 e. The van der Waals surface area contributed by atoms with Gasteiger partial charge in [0.05, 0.1) is 6.61 Å². The number of hydrogen-bond acceptors (Lipinski definition) is 13. The second-order valence-corrected chi connectivity index (χ2v) is 12.3. The van der Waals surface area contributed by atoms with Crippen LogP contribution in [0.4, 0.5) is 5.82 Å². The minimum atomic E-state index is -5.28. The molecule has 17 nitrogen and oxygen atoms in total. The Labute approximate surface area is 201 Å². The predicted octanol–water partition coefficient (Wildman–Crippen LogP) is 0.504. The molecular formula is C16H18N3O14P3. The number of benzene rings is 1. The van der Waals surface area contributed by atoms with Crippen molar-refractivity contribution in [3.63, 3.8) is 0 Å².